The minimum atomic E-state index is 0.0166. The zero-order valence-corrected chi connectivity index (χ0v) is 17.3. The first-order valence-corrected chi connectivity index (χ1v) is 10.2. The Morgan fingerprint density at radius 2 is 1.72 bits per heavy atom. The Kier molecular flexibility index (Phi) is 7.63. The zero-order valence-electron chi connectivity index (χ0n) is 16.6. The van der Waals surface area contributed by atoms with Crippen LogP contribution in [-0.2, 0) is 16.1 Å². The van der Waals surface area contributed by atoms with Crippen LogP contribution in [0.1, 0.15) is 22.8 Å². The van der Waals surface area contributed by atoms with E-state index < -0.39 is 0 Å². The van der Waals surface area contributed by atoms with Crippen LogP contribution in [-0.4, -0.2) is 61.4 Å². The predicted octanol–water partition coefficient (Wildman–Crippen LogP) is 3.25. The Labute approximate surface area is 176 Å². The SMILES string of the molecule is CCON(C=O)c1ccc(C(=O)N2CCN(CCc3ccc(Cl)cc3)CC2)cc1. The zero-order chi connectivity index (χ0) is 20.6. The molecule has 0 radical (unpaired) electrons. The van der Waals surface area contributed by atoms with E-state index in [0.717, 1.165) is 36.1 Å². The molecule has 2 aromatic rings. The number of halogens is 1. The molecular formula is C22H26ClN3O3. The van der Waals surface area contributed by atoms with Crippen molar-refractivity contribution in [3.05, 3.63) is 64.7 Å². The molecule has 2 aromatic carbocycles. The van der Waals surface area contributed by atoms with Crippen LogP contribution in [0.15, 0.2) is 48.5 Å². The fourth-order valence-corrected chi connectivity index (χ4v) is 3.48. The topological polar surface area (TPSA) is 53.1 Å². The number of hydrogen-bond acceptors (Lipinski definition) is 4. The highest BCUT2D eigenvalue weighted by Gasteiger charge is 2.22. The lowest BCUT2D eigenvalue weighted by molar-refractivity contribution is -0.113. The summed E-state index contributed by atoms with van der Waals surface area (Å²) in [5, 5.41) is 1.92. The van der Waals surface area contributed by atoms with E-state index >= 15 is 0 Å². The maximum absolute atomic E-state index is 12.8. The molecule has 154 valence electrons. The molecule has 0 unspecified atom stereocenters. The van der Waals surface area contributed by atoms with E-state index in [1.54, 1.807) is 24.3 Å². The van der Waals surface area contributed by atoms with E-state index in [2.05, 4.69) is 17.0 Å². The largest absolute Gasteiger partial charge is 0.336 e. The van der Waals surface area contributed by atoms with Crippen molar-refractivity contribution in [1.82, 2.24) is 9.80 Å². The Balaban J connectivity index is 1.49. The van der Waals surface area contributed by atoms with Crippen molar-refractivity contribution in [3.8, 4) is 0 Å². The first-order chi connectivity index (χ1) is 14.1. The van der Waals surface area contributed by atoms with Crippen molar-refractivity contribution >= 4 is 29.6 Å². The van der Waals surface area contributed by atoms with E-state index in [0.29, 0.717) is 37.4 Å². The second-order valence-electron chi connectivity index (χ2n) is 6.91. The number of benzene rings is 2. The number of hydroxylamine groups is 1. The number of nitrogens with zero attached hydrogens (tertiary/aromatic N) is 3. The fraction of sp³-hybridized carbons (Fsp3) is 0.364. The first-order valence-electron chi connectivity index (χ1n) is 9.84. The van der Waals surface area contributed by atoms with Gasteiger partial charge in [-0.25, -0.2) is 0 Å². The third kappa shape index (κ3) is 5.79. The van der Waals surface area contributed by atoms with Crippen molar-refractivity contribution in [3.63, 3.8) is 0 Å². The van der Waals surface area contributed by atoms with Crippen LogP contribution in [0, 0.1) is 0 Å². The lowest BCUT2D eigenvalue weighted by Gasteiger charge is -2.34. The molecule has 2 amide bonds. The molecule has 6 nitrogen and oxygen atoms in total. The van der Waals surface area contributed by atoms with E-state index in [4.69, 9.17) is 16.4 Å². The summed E-state index contributed by atoms with van der Waals surface area (Å²) in [5.74, 6) is 0.0166. The molecule has 1 saturated heterocycles. The number of anilines is 1. The van der Waals surface area contributed by atoms with Gasteiger partial charge in [0.25, 0.3) is 5.91 Å². The molecule has 0 aromatic heterocycles. The lowest BCUT2D eigenvalue weighted by atomic mass is 10.1. The summed E-state index contributed by atoms with van der Waals surface area (Å²) in [7, 11) is 0. The van der Waals surface area contributed by atoms with Crippen LogP contribution in [0.5, 0.6) is 0 Å². The van der Waals surface area contributed by atoms with Crippen molar-refractivity contribution in [2.75, 3.05) is 44.4 Å². The second-order valence-corrected chi connectivity index (χ2v) is 7.34. The Morgan fingerprint density at radius 1 is 1.07 bits per heavy atom. The number of hydrogen-bond donors (Lipinski definition) is 0. The van der Waals surface area contributed by atoms with E-state index in [1.165, 1.54) is 5.56 Å². The highest BCUT2D eigenvalue weighted by molar-refractivity contribution is 6.30. The standard InChI is InChI=1S/C22H26ClN3O3/c1-2-29-26(17-27)21-9-5-19(6-10-21)22(28)25-15-13-24(14-16-25)12-11-18-3-7-20(23)8-4-18/h3-10,17H,2,11-16H2,1H3. The van der Waals surface area contributed by atoms with Gasteiger partial charge >= 0.3 is 0 Å². The fourth-order valence-electron chi connectivity index (χ4n) is 3.35. The van der Waals surface area contributed by atoms with Gasteiger partial charge in [-0.05, 0) is 55.3 Å². The van der Waals surface area contributed by atoms with Gasteiger partial charge in [-0.2, -0.15) is 5.06 Å². The Hall–Kier alpha value is -2.41. The lowest BCUT2D eigenvalue weighted by Crippen LogP contribution is -2.49. The summed E-state index contributed by atoms with van der Waals surface area (Å²) in [6.45, 7) is 6.31. The number of carbonyl (C=O) groups excluding carboxylic acids is 2. The average Bonchev–Trinajstić information content (AvgIpc) is 2.77. The van der Waals surface area contributed by atoms with Gasteiger partial charge in [0.15, 0.2) is 0 Å². The summed E-state index contributed by atoms with van der Waals surface area (Å²) in [6.07, 6.45) is 1.59. The van der Waals surface area contributed by atoms with Crippen LogP contribution in [0.25, 0.3) is 0 Å². The molecule has 1 aliphatic heterocycles. The van der Waals surface area contributed by atoms with E-state index in [9.17, 15) is 9.59 Å². The molecule has 3 rings (SSSR count). The molecular weight excluding hydrogens is 390 g/mol. The van der Waals surface area contributed by atoms with E-state index in [-0.39, 0.29) is 5.91 Å². The monoisotopic (exact) mass is 415 g/mol. The van der Waals surface area contributed by atoms with Crippen molar-refractivity contribution in [2.24, 2.45) is 0 Å². The Bertz CT molecular complexity index is 803. The third-order valence-electron chi connectivity index (χ3n) is 5.02. The second kappa shape index (κ2) is 10.4. The van der Waals surface area contributed by atoms with Crippen LogP contribution in [0.2, 0.25) is 5.02 Å². The van der Waals surface area contributed by atoms with Crippen LogP contribution in [0.4, 0.5) is 5.69 Å². The molecule has 0 atom stereocenters. The van der Waals surface area contributed by atoms with Crippen molar-refractivity contribution < 1.29 is 14.4 Å². The van der Waals surface area contributed by atoms with Gasteiger partial charge < -0.3 is 4.90 Å². The summed E-state index contributed by atoms with van der Waals surface area (Å²) in [4.78, 5) is 33.3. The highest BCUT2D eigenvalue weighted by Crippen LogP contribution is 2.17. The molecule has 0 spiro atoms. The summed E-state index contributed by atoms with van der Waals surface area (Å²) in [6, 6.07) is 14.9. The molecule has 1 heterocycles. The molecule has 1 fully saturated rings. The molecule has 0 bridgehead atoms. The van der Waals surface area contributed by atoms with E-state index in [1.807, 2.05) is 24.0 Å². The third-order valence-corrected chi connectivity index (χ3v) is 5.27. The molecule has 29 heavy (non-hydrogen) atoms. The number of amides is 2. The van der Waals surface area contributed by atoms with Gasteiger partial charge in [-0.15, -0.1) is 0 Å². The maximum Gasteiger partial charge on any atom is 0.253 e. The normalized spacial score (nSPS) is 14.6. The maximum atomic E-state index is 12.8. The number of carbonyl (C=O) groups is 2. The molecule has 0 N–H and O–H groups in total. The summed E-state index contributed by atoms with van der Waals surface area (Å²) >= 11 is 5.93. The van der Waals surface area contributed by atoms with Crippen LogP contribution < -0.4 is 5.06 Å². The average molecular weight is 416 g/mol. The van der Waals surface area contributed by atoms with Gasteiger partial charge in [0, 0.05) is 43.3 Å². The van der Waals surface area contributed by atoms with Gasteiger partial charge in [-0.3, -0.25) is 19.3 Å². The Morgan fingerprint density at radius 3 is 2.31 bits per heavy atom. The van der Waals surface area contributed by atoms with Crippen LogP contribution in [0.3, 0.4) is 0 Å². The first kappa shape index (κ1) is 21.3. The minimum absolute atomic E-state index is 0.0166. The number of rotatable bonds is 8. The number of piperazine rings is 1. The van der Waals surface area contributed by atoms with Crippen LogP contribution >= 0.6 is 11.6 Å². The summed E-state index contributed by atoms with van der Waals surface area (Å²) < 4.78 is 0. The van der Waals surface area contributed by atoms with Gasteiger partial charge in [0.05, 0.1) is 12.3 Å². The van der Waals surface area contributed by atoms with Gasteiger partial charge in [0.2, 0.25) is 6.41 Å². The highest BCUT2D eigenvalue weighted by atomic mass is 35.5. The van der Waals surface area contributed by atoms with Crippen molar-refractivity contribution in [2.45, 2.75) is 13.3 Å². The molecule has 0 saturated carbocycles. The molecule has 0 aliphatic carbocycles. The quantitative estimate of drug-likeness (QED) is 0.490. The van der Waals surface area contributed by atoms with Gasteiger partial charge in [0.1, 0.15) is 0 Å². The molecule has 1 aliphatic rings. The van der Waals surface area contributed by atoms with Gasteiger partial charge in [-0.1, -0.05) is 23.7 Å². The minimum Gasteiger partial charge on any atom is -0.336 e. The van der Waals surface area contributed by atoms with Crippen molar-refractivity contribution in [1.29, 1.82) is 0 Å². The smallest absolute Gasteiger partial charge is 0.253 e. The predicted molar refractivity (Wildman–Crippen MR) is 114 cm³/mol. The molecule has 7 heteroatoms. The summed E-state index contributed by atoms with van der Waals surface area (Å²) in [5.41, 5.74) is 2.49.